The average molecular weight is 364 g/mol. The second-order valence-corrected chi connectivity index (χ2v) is 7.18. The number of hydrogen-bond acceptors (Lipinski definition) is 5. The standard InChI is InChI=1S/C20H24N6O/c1-13-5-3-4-6-15(13)16-11-14(18-19(21)23-24-20(18)22-16)12-17(27)26-9-7-25(2)8-10-26/h3-6,11H,7-10,12H2,1-2H3,(H3,21,22,23,24). The maximum atomic E-state index is 12.9. The largest absolute Gasteiger partial charge is 0.384 e. The van der Waals surface area contributed by atoms with E-state index in [-0.39, 0.29) is 5.91 Å². The van der Waals surface area contributed by atoms with Gasteiger partial charge >= 0.3 is 0 Å². The maximum absolute atomic E-state index is 12.9. The molecule has 1 saturated heterocycles. The quantitative estimate of drug-likeness (QED) is 0.740. The van der Waals surface area contributed by atoms with E-state index in [0.29, 0.717) is 17.9 Å². The Morgan fingerprint density at radius 3 is 2.70 bits per heavy atom. The fourth-order valence-corrected chi connectivity index (χ4v) is 3.59. The minimum Gasteiger partial charge on any atom is -0.384 e. The number of nitrogens with one attached hydrogen (secondary N) is 1. The number of fused-ring (bicyclic) bond motifs is 1. The Morgan fingerprint density at radius 2 is 1.96 bits per heavy atom. The molecule has 3 aromatic rings. The first kappa shape index (κ1) is 17.5. The van der Waals surface area contributed by atoms with Crippen LogP contribution in [0.2, 0.25) is 0 Å². The fraction of sp³-hybridized carbons (Fsp3) is 0.350. The number of nitrogen functional groups attached to an aromatic ring is 1. The minimum atomic E-state index is 0.118. The zero-order valence-corrected chi connectivity index (χ0v) is 15.7. The number of anilines is 1. The van der Waals surface area contributed by atoms with Crippen molar-refractivity contribution in [1.82, 2.24) is 25.0 Å². The molecule has 0 spiro atoms. The van der Waals surface area contributed by atoms with Gasteiger partial charge in [0.15, 0.2) is 5.65 Å². The number of benzene rings is 1. The number of aryl methyl sites for hydroxylation is 1. The second-order valence-electron chi connectivity index (χ2n) is 7.18. The molecular formula is C20H24N6O. The van der Waals surface area contributed by atoms with E-state index in [0.717, 1.165) is 53.9 Å². The summed E-state index contributed by atoms with van der Waals surface area (Å²) in [6.07, 6.45) is 0.297. The van der Waals surface area contributed by atoms with E-state index in [1.165, 1.54) is 0 Å². The fourth-order valence-electron chi connectivity index (χ4n) is 3.59. The first-order valence-electron chi connectivity index (χ1n) is 9.18. The van der Waals surface area contributed by atoms with Crippen LogP contribution in [0.1, 0.15) is 11.1 Å². The number of nitrogens with zero attached hydrogens (tertiary/aromatic N) is 4. The summed E-state index contributed by atoms with van der Waals surface area (Å²) in [6, 6.07) is 10.1. The molecule has 3 N–H and O–H groups in total. The number of amides is 1. The third-order valence-corrected chi connectivity index (χ3v) is 5.25. The van der Waals surface area contributed by atoms with Gasteiger partial charge in [0.1, 0.15) is 5.82 Å². The molecule has 0 bridgehead atoms. The molecule has 27 heavy (non-hydrogen) atoms. The first-order chi connectivity index (χ1) is 13.0. The van der Waals surface area contributed by atoms with Gasteiger partial charge in [0, 0.05) is 31.7 Å². The van der Waals surface area contributed by atoms with E-state index >= 15 is 0 Å². The van der Waals surface area contributed by atoms with E-state index < -0.39 is 0 Å². The van der Waals surface area contributed by atoms with Crippen LogP contribution < -0.4 is 5.73 Å². The van der Waals surface area contributed by atoms with Gasteiger partial charge in [-0.25, -0.2) is 4.98 Å². The van der Waals surface area contributed by atoms with Gasteiger partial charge < -0.3 is 15.5 Å². The van der Waals surface area contributed by atoms with Gasteiger partial charge in [-0.2, -0.15) is 5.10 Å². The first-order valence-corrected chi connectivity index (χ1v) is 9.18. The Balaban J connectivity index is 1.71. The molecule has 7 nitrogen and oxygen atoms in total. The third-order valence-electron chi connectivity index (χ3n) is 5.25. The van der Waals surface area contributed by atoms with Gasteiger partial charge in [-0.3, -0.25) is 9.89 Å². The van der Waals surface area contributed by atoms with Gasteiger partial charge in [0.2, 0.25) is 5.91 Å². The lowest BCUT2D eigenvalue weighted by molar-refractivity contribution is -0.132. The van der Waals surface area contributed by atoms with Crippen molar-refractivity contribution in [3.8, 4) is 11.3 Å². The Kier molecular flexibility index (Phi) is 4.53. The van der Waals surface area contributed by atoms with Gasteiger partial charge in [-0.15, -0.1) is 0 Å². The van der Waals surface area contributed by atoms with Gasteiger partial charge in [0.05, 0.1) is 17.5 Å². The summed E-state index contributed by atoms with van der Waals surface area (Å²) < 4.78 is 0. The number of likely N-dealkylation sites (N-methyl/N-ethyl adjacent to an activating group) is 1. The number of rotatable bonds is 3. The Bertz CT molecular complexity index is 987. The summed E-state index contributed by atoms with van der Waals surface area (Å²) in [5, 5.41) is 7.78. The van der Waals surface area contributed by atoms with Gasteiger partial charge in [-0.1, -0.05) is 24.3 Å². The molecule has 0 radical (unpaired) electrons. The molecule has 0 aliphatic carbocycles. The van der Waals surface area contributed by atoms with Crippen LogP contribution in [-0.2, 0) is 11.2 Å². The number of piperazine rings is 1. The Labute approximate surface area is 158 Å². The van der Waals surface area contributed by atoms with Crippen LogP contribution in [-0.4, -0.2) is 64.1 Å². The zero-order valence-electron chi connectivity index (χ0n) is 15.7. The molecule has 1 aromatic carbocycles. The highest BCUT2D eigenvalue weighted by Gasteiger charge is 2.22. The number of hydrogen-bond donors (Lipinski definition) is 2. The number of carbonyl (C=O) groups excluding carboxylic acids is 1. The highest BCUT2D eigenvalue weighted by molar-refractivity contribution is 5.94. The van der Waals surface area contributed by atoms with Crippen molar-refractivity contribution in [2.45, 2.75) is 13.3 Å². The van der Waals surface area contributed by atoms with E-state index in [9.17, 15) is 4.79 Å². The normalized spacial score (nSPS) is 15.4. The molecule has 3 heterocycles. The summed E-state index contributed by atoms with van der Waals surface area (Å²) in [6.45, 7) is 5.37. The number of aromatic amines is 1. The molecule has 2 aromatic heterocycles. The molecule has 1 aliphatic rings. The predicted octanol–water partition coefficient (Wildman–Crippen LogP) is 1.83. The lowest BCUT2D eigenvalue weighted by Gasteiger charge is -2.32. The minimum absolute atomic E-state index is 0.118. The molecule has 0 unspecified atom stereocenters. The summed E-state index contributed by atoms with van der Waals surface area (Å²) >= 11 is 0. The third kappa shape index (κ3) is 3.38. The number of H-pyrrole nitrogens is 1. The number of aromatic nitrogens is 3. The van der Waals surface area contributed by atoms with Crippen LogP contribution in [0.5, 0.6) is 0 Å². The Morgan fingerprint density at radius 1 is 1.22 bits per heavy atom. The molecule has 140 valence electrons. The van der Waals surface area contributed by atoms with Crippen molar-refractivity contribution < 1.29 is 4.79 Å². The van der Waals surface area contributed by atoms with Crippen molar-refractivity contribution in [3.05, 3.63) is 41.5 Å². The van der Waals surface area contributed by atoms with Crippen molar-refractivity contribution in [2.75, 3.05) is 39.0 Å². The lowest BCUT2D eigenvalue weighted by atomic mass is 10.0. The van der Waals surface area contributed by atoms with Crippen molar-refractivity contribution in [3.63, 3.8) is 0 Å². The van der Waals surface area contributed by atoms with Crippen LogP contribution in [0.3, 0.4) is 0 Å². The average Bonchev–Trinajstić information content (AvgIpc) is 3.04. The SMILES string of the molecule is Cc1ccccc1-c1cc(CC(=O)N2CCN(C)CC2)c2c(N)[nH]nc2n1. The molecule has 1 aliphatic heterocycles. The zero-order chi connectivity index (χ0) is 19.0. The van der Waals surface area contributed by atoms with Crippen LogP contribution in [0.4, 0.5) is 5.82 Å². The predicted molar refractivity (Wildman–Crippen MR) is 106 cm³/mol. The van der Waals surface area contributed by atoms with Crippen LogP contribution in [0.15, 0.2) is 30.3 Å². The van der Waals surface area contributed by atoms with Gasteiger partial charge in [-0.05, 0) is 31.2 Å². The molecule has 7 heteroatoms. The molecule has 0 saturated carbocycles. The van der Waals surface area contributed by atoms with Crippen LogP contribution in [0, 0.1) is 6.92 Å². The summed E-state index contributed by atoms with van der Waals surface area (Å²) in [7, 11) is 2.08. The second kappa shape index (κ2) is 7.00. The highest BCUT2D eigenvalue weighted by Crippen LogP contribution is 2.29. The van der Waals surface area contributed by atoms with Crippen molar-refractivity contribution in [1.29, 1.82) is 0 Å². The lowest BCUT2D eigenvalue weighted by Crippen LogP contribution is -2.47. The van der Waals surface area contributed by atoms with Gasteiger partial charge in [0.25, 0.3) is 0 Å². The molecule has 4 rings (SSSR count). The molecule has 1 amide bonds. The number of carbonyl (C=O) groups is 1. The van der Waals surface area contributed by atoms with Crippen LogP contribution in [0.25, 0.3) is 22.3 Å². The topological polar surface area (TPSA) is 91.1 Å². The monoisotopic (exact) mass is 364 g/mol. The van der Waals surface area contributed by atoms with E-state index in [1.54, 1.807) is 0 Å². The number of pyridine rings is 1. The molecular weight excluding hydrogens is 340 g/mol. The molecule has 0 atom stereocenters. The smallest absolute Gasteiger partial charge is 0.227 e. The Hall–Kier alpha value is -2.93. The van der Waals surface area contributed by atoms with E-state index in [2.05, 4.69) is 40.1 Å². The van der Waals surface area contributed by atoms with E-state index in [1.807, 2.05) is 29.2 Å². The summed E-state index contributed by atoms with van der Waals surface area (Å²) in [4.78, 5) is 21.7. The van der Waals surface area contributed by atoms with Crippen LogP contribution >= 0.6 is 0 Å². The highest BCUT2D eigenvalue weighted by atomic mass is 16.2. The molecule has 1 fully saturated rings. The summed E-state index contributed by atoms with van der Waals surface area (Å²) in [5.74, 6) is 0.571. The summed E-state index contributed by atoms with van der Waals surface area (Å²) in [5.41, 5.74) is 10.5. The maximum Gasteiger partial charge on any atom is 0.227 e. The van der Waals surface area contributed by atoms with Crippen molar-refractivity contribution in [2.24, 2.45) is 0 Å². The number of nitrogens with two attached hydrogens (primary N) is 1. The van der Waals surface area contributed by atoms with E-state index in [4.69, 9.17) is 5.73 Å². The van der Waals surface area contributed by atoms with Crippen molar-refractivity contribution >= 4 is 22.8 Å².